The summed E-state index contributed by atoms with van der Waals surface area (Å²) in [6.07, 6.45) is 0. The Morgan fingerprint density at radius 1 is 1.29 bits per heavy atom. The second-order valence-corrected chi connectivity index (χ2v) is 2.91. The van der Waals surface area contributed by atoms with Crippen LogP contribution in [-0.4, -0.2) is 19.4 Å². The zero-order valence-corrected chi connectivity index (χ0v) is 8.45. The molecule has 0 amide bonds. The minimum atomic E-state index is -0.349. The number of hydrogen-bond donors (Lipinski definition) is 0. The summed E-state index contributed by atoms with van der Waals surface area (Å²) in [4.78, 5) is 11.3. The van der Waals surface area contributed by atoms with Gasteiger partial charge in [0.05, 0.1) is 5.56 Å². The molecule has 1 rings (SSSR count). The Morgan fingerprint density at radius 3 is 2.50 bits per heavy atom. The smallest absolute Gasteiger partial charge is 0.340 e. The molecular weight excluding hydrogens is 180 g/mol. The monoisotopic (exact) mass is 194 g/mol. The van der Waals surface area contributed by atoms with Gasteiger partial charge in [-0.1, -0.05) is 17.7 Å². The zero-order chi connectivity index (χ0) is 10.4. The van der Waals surface area contributed by atoms with Crippen molar-refractivity contribution in [1.82, 2.24) is 0 Å². The third-order valence-corrected chi connectivity index (χ3v) is 1.76. The second kappa shape index (κ2) is 5.40. The lowest BCUT2D eigenvalue weighted by Crippen LogP contribution is -2.08. The molecule has 0 aromatic heterocycles. The van der Waals surface area contributed by atoms with E-state index in [1.54, 1.807) is 12.1 Å². The fraction of sp³-hybridized carbons (Fsp3) is 0.364. The number of esters is 1. The van der Waals surface area contributed by atoms with Crippen LogP contribution in [0.15, 0.2) is 24.3 Å². The van der Waals surface area contributed by atoms with Crippen molar-refractivity contribution in [2.45, 2.75) is 13.8 Å². The molecule has 0 unspecified atom stereocenters. The zero-order valence-electron chi connectivity index (χ0n) is 8.45. The Hall–Kier alpha value is -1.35. The molecule has 14 heavy (non-hydrogen) atoms. The lowest BCUT2D eigenvalue weighted by molar-refractivity contribution is -0.0274. The SMILES string of the molecule is CCOCOC(=O)c1ccc(C)cc1. The van der Waals surface area contributed by atoms with E-state index in [-0.39, 0.29) is 12.8 Å². The molecule has 0 saturated carbocycles. The summed E-state index contributed by atoms with van der Waals surface area (Å²) in [6, 6.07) is 7.22. The summed E-state index contributed by atoms with van der Waals surface area (Å²) in [7, 11) is 0. The molecule has 0 aliphatic heterocycles. The Morgan fingerprint density at radius 2 is 1.93 bits per heavy atom. The first-order valence-corrected chi connectivity index (χ1v) is 4.55. The van der Waals surface area contributed by atoms with Crippen LogP contribution in [-0.2, 0) is 9.47 Å². The number of carbonyl (C=O) groups excluding carboxylic acids is 1. The first-order valence-electron chi connectivity index (χ1n) is 4.55. The molecule has 0 heterocycles. The fourth-order valence-electron chi connectivity index (χ4n) is 0.951. The van der Waals surface area contributed by atoms with Crippen LogP contribution in [0, 0.1) is 6.92 Å². The van der Waals surface area contributed by atoms with Crippen molar-refractivity contribution in [3.05, 3.63) is 35.4 Å². The van der Waals surface area contributed by atoms with Crippen molar-refractivity contribution in [2.75, 3.05) is 13.4 Å². The van der Waals surface area contributed by atoms with Gasteiger partial charge in [-0.05, 0) is 26.0 Å². The van der Waals surface area contributed by atoms with Crippen LogP contribution < -0.4 is 0 Å². The highest BCUT2D eigenvalue weighted by Gasteiger charge is 2.05. The van der Waals surface area contributed by atoms with Crippen molar-refractivity contribution in [2.24, 2.45) is 0 Å². The Labute approximate surface area is 83.6 Å². The Bertz CT molecular complexity index is 290. The van der Waals surface area contributed by atoms with Crippen LogP contribution in [0.25, 0.3) is 0 Å². The van der Waals surface area contributed by atoms with E-state index in [0.717, 1.165) is 5.56 Å². The van der Waals surface area contributed by atoms with Gasteiger partial charge >= 0.3 is 5.97 Å². The molecule has 0 fully saturated rings. The molecule has 0 bridgehead atoms. The van der Waals surface area contributed by atoms with Crippen LogP contribution in [0.3, 0.4) is 0 Å². The Kier molecular flexibility index (Phi) is 4.13. The maximum Gasteiger partial charge on any atom is 0.340 e. The van der Waals surface area contributed by atoms with Gasteiger partial charge in [0, 0.05) is 6.61 Å². The van der Waals surface area contributed by atoms with Crippen molar-refractivity contribution in [3.63, 3.8) is 0 Å². The van der Waals surface area contributed by atoms with Gasteiger partial charge in [0.2, 0.25) is 0 Å². The van der Waals surface area contributed by atoms with Gasteiger partial charge in [-0.2, -0.15) is 0 Å². The van der Waals surface area contributed by atoms with E-state index >= 15 is 0 Å². The average molecular weight is 194 g/mol. The fourth-order valence-corrected chi connectivity index (χ4v) is 0.951. The molecule has 0 aliphatic carbocycles. The van der Waals surface area contributed by atoms with Gasteiger partial charge in [-0.15, -0.1) is 0 Å². The van der Waals surface area contributed by atoms with Gasteiger partial charge in [-0.3, -0.25) is 0 Å². The molecule has 3 nitrogen and oxygen atoms in total. The third-order valence-electron chi connectivity index (χ3n) is 1.76. The van der Waals surface area contributed by atoms with Crippen LogP contribution in [0.4, 0.5) is 0 Å². The lowest BCUT2D eigenvalue weighted by atomic mass is 10.2. The molecule has 1 aromatic carbocycles. The number of rotatable bonds is 4. The lowest BCUT2D eigenvalue weighted by Gasteiger charge is -2.04. The predicted molar refractivity (Wildman–Crippen MR) is 53.1 cm³/mol. The highest BCUT2D eigenvalue weighted by molar-refractivity contribution is 5.89. The average Bonchev–Trinajstić information content (AvgIpc) is 2.19. The number of benzene rings is 1. The first kappa shape index (κ1) is 10.7. The van der Waals surface area contributed by atoms with Crippen LogP contribution >= 0.6 is 0 Å². The Balaban J connectivity index is 2.48. The minimum Gasteiger partial charge on any atom is -0.435 e. The molecule has 0 atom stereocenters. The van der Waals surface area contributed by atoms with E-state index < -0.39 is 0 Å². The van der Waals surface area contributed by atoms with Crippen molar-refractivity contribution >= 4 is 5.97 Å². The van der Waals surface area contributed by atoms with Crippen LogP contribution in [0.5, 0.6) is 0 Å². The van der Waals surface area contributed by atoms with Gasteiger partial charge in [0.25, 0.3) is 0 Å². The van der Waals surface area contributed by atoms with Gasteiger partial charge < -0.3 is 9.47 Å². The summed E-state index contributed by atoms with van der Waals surface area (Å²) >= 11 is 0. The number of aryl methyl sites for hydroxylation is 1. The van der Waals surface area contributed by atoms with Gasteiger partial charge in [-0.25, -0.2) is 4.79 Å². The molecular formula is C11H14O3. The maximum atomic E-state index is 11.3. The number of ether oxygens (including phenoxy) is 2. The molecule has 0 spiro atoms. The van der Waals surface area contributed by atoms with E-state index in [9.17, 15) is 4.79 Å². The van der Waals surface area contributed by atoms with Crippen LogP contribution in [0.1, 0.15) is 22.8 Å². The normalized spacial score (nSPS) is 9.86. The molecule has 1 aromatic rings. The van der Waals surface area contributed by atoms with Gasteiger partial charge in [0.1, 0.15) is 0 Å². The predicted octanol–water partition coefficient (Wildman–Crippen LogP) is 2.15. The van der Waals surface area contributed by atoms with E-state index in [1.807, 2.05) is 26.0 Å². The van der Waals surface area contributed by atoms with E-state index in [2.05, 4.69) is 0 Å². The maximum absolute atomic E-state index is 11.3. The van der Waals surface area contributed by atoms with Crippen molar-refractivity contribution in [1.29, 1.82) is 0 Å². The largest absolute Gasteiger partial charge is 0.435 e. The van der Waals surface area contributed by atoms with Gasteiger partial charge in [0.15, 0.2) is 6.79 Å². The molecule has 0 aliphatic rings. The number of hydrogen-bond acceptors (Lipinski definition) is 3. The molecule has 0 saturated heterocycles. The van der Waals surface area contributed by atoms with E-state index in [0.29, 0.717) is 12.2 Å². The summed E-state index contributed by atoms with van der Waals surface area (Å²) in [6.45, 7) is 4.37. The molecule has 0 radical (unpaired) electrons. The quantitative estimate of drug-likeness (QED) is 0.418. The summed E-state index contributed by atoms with van der Waals surface area (Å²) in [5.74, 6) is -0.349. The topological polar surface area (TPSA) is 35.5 Å². The highest BCUT2D eigenvalue weighted by Crippen LogP contribution is 2.04. The van der Waals surface area contributed by atoms with Crippen molar-refractivity contribution < 1.29 is 14.3 Å². The van der Waals surface area contributed by atoms with E-state index in [4.69, 9.17) is 9.47 Å². The molecule has 76 valence electrons. The molecule has 0 N–H and O–H groups in total. The molecule has 3 heteroatoms. The highest BCUT2D eigenvalue weighted by atomic mass is 16.7. The third kappa shape index (κ3) is 3.18. The summed E-state index contributed by atoms with van der Waals surface area (Å²) in [5.41, 5.74) is 1.67. The van der Waals surface area contributed by atoms with Crippen molar-refractivity contribution in [3.8, 4) is 0 Å². The summed E-state index contributed by atoms with van der Waals surface area (Å²) < 4.78 is 9.75. The van der Waals surface area contributed by atoms with E-state index in [1.165, 1.54) is 0 Å². The number of carbonyl (C=O) groups is 1. The van der Waals surface area contributed by atoms with Crippen LogP contribution in [0.2, 0.25) is 0 Å². The summed E-state index contributed by atoms with van der Waals surface area (Å²) in [5, 5.41) is 0. The minimum absolute atomic E-state index is 0.0171. The standard InChI is InChI=1S/C11H14O3/c1-3-13-8-14-11(12)10-6-4-9(2)5-7-10/h4-7H,3,8H2,1-2H3. The second-order valence-electron chi connectivity index (χ2n) is 2.91. The first-order chi connectivity index (χ1) is 6.74.